The van der Waals surface area contributed by atoms with Crippen molar-refractivity contribution in [2.75, 3.05) is 0 Å². The predicted molar refractivity (Wildman–Crippen MR) is 98.5 cm³/mol. The molecular weight excluding hydrogens is 296 g/mol. The highest BCUT2D eigenvalue weighted by molar-refractivity contribution is 5.87. The Kier molecular flexibility index (Phi) is 4.70. The smallest absolute Gasteiger partial charge is 0.333 e. The van der Waals surface area contributed by atoms with E-state index in [-0.39, 0.29) is 11.6 Å². The highest BCUT2D eigenvalue weighted by Crippen LogP contribution is 2.67. The molecule has 0 radical (unpaired) electrons. The normalized spacial score (nSPS) is 36.1. The van der Waals surface area contributed by atoms with Crippen molar-refractivity contribution in [2.24, 2.45) is 29.6 Å². The maximum absolute atomic E-state index is 12.5. The number of carbonyl (C=O) groups excluding carboxylic acids is 1. The van der Waals surface area contributed by atoms with E-state index in [1.54, 1.807) is 18.1 Å². The summed E-state index contributed by atoms with van der Waals surface area (Å²) >= 11 is 0. The van der Waals surface area contributed by atoms with Crippen LogP contribution in [0.3, 0.4) is 0 Å². The molecule has 0 aromatic rings. The number of hydrogen-bond acceptors (Lipinski definition) is 2. The molecule has 2 heteroatoms. The molecule has 5 aliphatic carbocycles. The molecule has 5 rings (SSSR count). The molecule has 0 spiro atoms. The van der Waals surface area contributed by atoms with Gasteiger partial charge in [-0.1, -0.05) is 51.3 Å². The van der Waals surface area contributed by atoms with E-state index in [0.717, 1.165) is 24.7 Å². The Morgan fingerprint density at radius 2 is 2.04 bits per heavy atom. The molecule has 3 fully saturated rings. The SMILES string of the molecule is C=C(C)C(=O)OC1(C(C)CCC(C)CC)C2CC(C)=C3C(C2)CC31. The number of carbonyl (C=O) groups is 1. The standard InChI is InChI=1S/C22H34O2/c1-7-14(4)8-9-16(6)22(24-21(23)13(2)3)18-10-15(5)20-17(11-18)12-19(20)22/h14,16-19H,2,7-12H2,1,3-6H3. The third-order valence-electron chi connectivity index (χ3n) is 7.31. The fraction of sp³-hybridized carbons (Fsp3) is 0.773. The van der Waals surface area contributed by atoms with Crippen LogP contribution in [0.1, 0.15) is 73.1 Å². The third-order valence-corrected chi connectivity index (χ3v) is 7.31. The summed E-state index contributed by atoms with van der Waals surface area (Å²) in [4.78, 5) is 12.5. The van der Waals surface area contributed by atoms with Crippen molar-refractivity contribution >= 4 is 5.97 Å². The van der Waals surface area contributed by atoms with E-state index in [1.807, 2.05) is 0 Å². The molecule has 0 N–H and O–H groups in total. The lowest BCUT2D eigenvalue weighted by Gasteiger charge is -2.65. The molecule has 6 atom stereocenters. The summed E-state index contributed by atoms with van der Waals surface area (Å²) in [5.41, 5.74) is 3.49. The second-order valence-corrected chi connectivity index (χ2v) is 8.87. The van der Waals surface area contributed by atoms with E-state index in [4.69, 9.17) is 4.74 Å². The summed E-state index contributed by atoms with van der Waals surface area (Å²) in [5, 5.41) is 0. The fourth-order valence-corrected chi connectivity index (χ4v) is 5.71. The van der Waals surface area contributed by atoms with E-state index in [1.165, 1.54) is 25.7 Å². The van der Waals surface area contributed by atoms with Gasteiger partial charge in [0.2, 0.25) is 0 Å². The minimum Gasteiger partial charge on any atom is -0.455 e. The highest BCUT2D eigenvalue weighted by atomic mass is 16.6. The lowest BCUT2D eigenvalue weighted by molar-refractivity contribution is -0.208. The Balaban J connectivity index is 1.88. The van der Waals surface area contributed by atoms with Crippen LogP contribution >= 0.6 is 0 Å². The Morgan fingerprint density at radius 1 is 1.33 bits per heavy atom. The summed E-state index contributed by atoms with van der Waals surface area (Å²) < 4.78 is 6.33. The van der Waals surface area contributed by atoms with Gasteiger partial charge in [-0.15, -0.1) is 0 Å². The zero-order valence-electron chi connectivity index (χ0n) is 16.2. The second kappa shape index (κ2) is 6.35. The molecule has 3 saturated carbocycles. The van der Waals surface area contributed by atoms with Crippen LogP contribution in [0.25, 0.3) is 0 Å². The van der Waals surface area contributed by atoms with Gasteiger partial charge in [0.1, 0.15) is 5.60 Å². The summed E-state index contributed by atoms with van der Waals surface area (Å²) in [6.07, 6.45) is 7.18. The minimum absolute atomic E-state index is 0.181. The maximum atomic E-state index is 12.5. The monoisotopic (exact) mass is 330 g/mol. The molecule has 4 bridgehead atoms. The lowest BCUT2D eigenvalue weighted by atomic mass is 9.42. The molecule has 0 aromatic heterocycles. The molecule has 24 heavy (non-hydrogen) atoms. The summed E-state index contributed by atoms with van der Waals surface area (Å²) in [5.74, 6) is 2.76. The molecule has 134 valence electrons. The van der Waals surface area contributed by atoms with Crippen LogP contribution in [-0.4, -0.2) is 11.6 Å². The van der Waals surface area contributed by atoms with Gasteiger partial charge >= 0.3 is 5.97 Å². The molecule has 5 aliphatic rings. The molecule has 0 saturated heterocycles. The topological polar surface area (TPSA) is 26.3 Å². The quantitative estimate of drug-likeness (QED) is 0.341. The molecular formula is C22H34O2. The van der Waals surface area contributed by atoms with Gasteiger partial charge < -0.3 is 4.74 Å². The van der Waals surface area contributed by atoms with Crippen molar-refractivity contribution in [2.45, 2.75) is 78.7 Å². The number of ether oxygens (including phenoxy) is 1. The van der Waals surface area contributed by atoms with E-state index >= 15 is 0 Å². The van der Waals surface area contributed by atoms with E-state index in [2.05, 4.69) is 34.3 Å². The van der Waals surface area contributed by atoms with Crippen molar-refractivity contribution in [3.05, 3.63) is 23.3 Å². The van der Waals surface area contributed by atoms with Gasteiger partial charge in [-0.05, 0) is 57.3 Å². The first-order valence-corrected chi connectivity index (χ1v) is 9.89. The van der Waals surface area contributed by atoms with Gasteiger partial charge in [0.25, 0.3) is 0 Å². The Morgan fingerprint density at radius 3 is 2.58 bits per heavy atom. The van der Waals surface area contributed by atoms with Crippen molar-refractivity contribution in [1.29, 1.82) is 0 Å². The lowest BCUT2D eigenvalue weighted by Crippen LogP contribution is -2.65. The van der Waals surface area contributed by atoms with Gasteiger partial charge in [-0.2, -0.15) is 0 Å². The molecule has 6 unspecified atom stereocenters. The van der Waals surface area contributed by atoms with Gasteiger partial charge in [-0.3, -0.25) is 0 Å². The molecule has 0 amide bonds. The van der Waals surface area contributed by atoms with Crippen LogP contribution in [0.5, 0.6) is 0 Å². The van der Waals surface area contributed by atoms with Gasteiger partial charge in [-0.25, -0.2) is 4.79 Å². The van der Waals surface area contributed by atoms with Crippen LogP contribution < -0.4 is 0 Å². The van der Waals surface area contributed by atoms with Gasteiger partial charge in [0, 0.05) is 17.4 Å². The maximum Gasteiger partial charge on any atom is 0.333 e. The Bertz CT molecular complexity index is 573. The van der Waals surface area contributed by atoms with Crippen molar-refractivity contribution < 1.29 is 9.53 Å². The van der Waals surface area contributed by atoms with Crippen LogP contribution in [0, 0.1) is 29.6 Å². The Hall–Kier alpha value is -1.05. The Labute approximate surface area is 147 Å². The van der Waals surface area contributed by atoms with E-state index in [0.29, 0.717) is 23.3 Å². The largest absolute Gasteiger partial charge is 0.455 e. The van der Waals surface area contributed by atoms with Crippen molar-refractivity contribution in [3.8, 4) is 0 Å². The fourth-order valence-electron chi connectivity index (χ4n) is 5.71. The van der Waals surface area contributed by atoms with Crippen LogP contribution in [-0.2, 0) is 9.53 Å². The van der Waals surface area contributed by atoms with Crippen LogP contribution in [0.15, 0.2) is 23.3 Å². The van der Waals surface area contributed by atoms with Crippen LogP contribution in [0.4, 0.5) is 0 Å². The average Bonchev–Trinajstić information content (AvgIpc) is 2.51. The summed E-state index contributed by atoms with van der Waals surface area (Å²) in [6.45, 7) is 14.8. The second-order valence-electron chi connectivity index (χ2n) is 8.87. The number of esters is 1. The molecule has 0 aromatic carbocycles. The minimum atomic E-state index is -0.271. The zero-order chi connectivity index (χ0) is 17.6. The number of fused-ring (bicyclic) bond motifs is 1. The molecule has 2 nitrogen and oxygen atoms in total. The molecule has 0 aliphatic heterocycles. The summed E-state index contributed by atoms with van der Waals surface area (Å²) in [6, 6.07) is 0. The average molecular weight is 331 g/mol. The number of hydrogen-bond donors (Lipinski definition) is 0. The number of rotatable bonds is 7. The van der Waals surface area contributed by atoms with Crippen LogP contribution in [0.2, 0.25) is 0 Å². The van der Waals surface area contributed by atoms with Gasteiger partial charge in [0.15, 0.2) is 0 Å². The molecule has 0 heterocycles. The predicted octanol–water partition coefficient (Wildman–Crippen LogP) is 5.68. The van der Waals surface area contributed by atoms with E-state index < -0.39 is 0 Å². The summed E-state index contributed by atoms with van der Waals surface area (Å²) in [7, 11) is 0. The first-order valence-electron chi connectivity index (χ1n) is 9.89. The van der Waals surface area contributed by atoms with E-state index in [9.17, 15) is 4.79 Å². The zero-order valence-corrected chi connectivity index (χ0v) is 16.2. The number of allylic oxidation sites excluding steroid dienone is 1. The van der Waals surface area contributed by atoms with Crippen molar-refractivity contribution in [1.82, 2.24) is 0 Å². The van der Waals surface area contributed by atoms with Gasteiger partial charge in [0.05, 0.1) is 0 Å². The first kappa shape index (κ1) is 17.8. The van der Waals surface area contributed by atoms with Crippen molar-refractivity contribution in [3.63, 3.8) is 0 Å². The first-order chi connectivity index (χ1) is 11.3. The third kappa shape index (κ3) is 2.57. The highest BCUT2D eigenvalue weighted by Gasteiger charge is 2.65.